The highest BCUT2D eigenvalue weighted by atomic mass is 32.1. The molecule has 1 saturated heterocycles. The van der Waals surface area contributed by atoms with E-state index in [0.717, 1.165) is 6.54 Å². The van der Waals surface area contributed by atoms with Gasteiger partial charge in [0.2, 0.25) is 0 Å². The van der Waals surface area contributed by atoms with E-state index >= 15 is 0 Å². The van der Waals surface area contributed by atoms with Crippen molar-refractivity contribution in [2.75, 3.05) is 13.3 Å². The summed E-state index contributed by atoms with van der Waals surface area (Å²) in [6, 6.07) is 15.3. The van der Waals surface area contributed by atoms with E-state index in [4.69, 9.17) is 4.74 Å². The van der Waals surface area contributed by atoms with Gasteiger partial charge in [-0.25, -0.2) is 0 Å². The normalized spacial score (nSPS) is 20.7. The van der Waals surface area contributed by atoms with Gasteiger partial charge in [0.1, 0.15) is 6.73 Å². The average Bonchev–Trinajstić information content (AvgIpc) is 3.39. The predicted molar refractivity (Wildman–Crippen MR) is 107 cm³/mol. The summed E-state index contributed by atoms with van der Waals surface area (Å²) in [5.74, 6) is 0. The van der Waals surface area contributed by atoms with Crippen molar-refractivity contribution in [1.29, 1.82) is 0 Å². The van der Waals surface area contributed by atoms with Crippen LogP contribution in [-0.4, -0.2) is 24.2 Å². The van der Waals surface area contributed by atoms with Crippen molar-refractivity contribution < 1.29 is 4.74 Å². The molecule has 4 heteroatoms. The first-order valence-electron chi connectivity index (χ1n) is 8.49. The fourth-order valence-corrected chi connectivity index (χ4v) is 4.62. The third-order valence-electron chi connectivity index (χ3n) is 4.76. The van der Waals surface area contributed by atoms with E-state index in [1.54, 1.807) is 22.7 Å². The van der Waals surface area contributed by atoms with Gasteiger partial charge in [-0.05, 0) is 62.8 Å². The minimum Gasteiger partial charge on any atom is -0.357 e. The Kier molecular flexibility index (Phi) is 5.13. The number of hydrogen-bond donors (Lipinski definition) is 0. The molecule has 0 spiro atoms. The van der Waals surface area contributed by atoms with Crippen LogP contribution < -0.4 is 0 Å². The van der Waals surface area contributed by atoms with Crippen LogP contribution in [0.4, 0.5) is 0 Å². The lowest BCUT2D eigenvalue weighted by molar-refractivity contribution is 0.0911. The number of thiophene rings is 2. The third kappa shape index (κ3) is 3.62. The lowest BCUT2D eigenvalue weighted by Crippen LogP contribution is -2.29. The van der Waals surface area contributed by atoms with Gasteiger partial charge in [-0.15, -0.1) is 0 Å². The van der Waals surface area contributed by atoms with E-state index in [0.29, 0.717) is 12.8 Å². The zero-order chi connectivity index (χ0) is 17.1. The number of rotatable bonds is 5. The monoisotopic (exact) mass is 367 g/mol. The topological polar surface area (TPSA) is 12.5 Å². The molecule has 0 amide bonds. The number of ether oxygens (including phenoxy) is 1. The molecule has 4 rings (SSSR count). The van der Waals surface area contributed by atoms with Crippen molar-refractivity contribution in [2.24, 2.45) is 0 Å². The van der Waals surface area contributed by atoms with Gasteiger partial charge in [-0.3, -0.25) is 4.90 Å². The molecule has 2 nitrogen and oxygen atoms in total. The van der Waals surface area contributed by atoms with E-state index < -0.39 is 0 Å². The third-order valence-corrected chi connectivity index (χ3v) is 6.12. The van der Waals surface area contributed by atoms with Crippen LogP contribution in [0.2, 0.25) is 0 Å². The van der Waals surface area contributed by atoms with Crippen LogP contribution in [0.1, 0.15) is 29.7 Å². The van der Waals surface area contributed by atoms with Gasteiger partial charge in [-0.2, -0.15) is 22.7 Å². The summed E-state index contributed by atoms with van der Waals surface area (Å²) in [7, 11) is 0. The molecule has 25 heavy (non-hydrogen) atoms. The molecule has 0 aliphatic carbocycles. The van der Waals surface area contributed by atoms with Crippen molar-refractivity contribution >= 4 is 28.2 Å². The Morgan fingerprint density at radius 1 is 1.08 bits per heavy atom. The van der Waals surface area contributed by atoms with E-state index in [1.807, 2.05) is 0 Å². The highest BCUT2D eigenvalue weighted by Gasteiger charge is 2.32. The van der Waals surface area contributed by atoms with Crippen LogP contribution in [-0.2, 0) is 4.74 Å². The molecule has 0 saturated carbocycles. The van der Waals surface area contributed by atoms with Gasteiger partial charge in [-0.1, -0.05) is 36.4 Å². The Bertz CT molecular complexity index is 773. The quantitative estimate of drug-likeness (QED) is 0.577. The highest BCUT2D eigenvalue weighted by molar-refractivity contribution is 7.08. The molecule has 2 atom stereocenters. The van der Waals surface area contributed by atoms with Crippen LogP contribution in [0.3, 0.4) is 0 Å². The van der Waals surface area contributed by atoms with Crippen molar-refractivity contribution in [3.8, 4) is 0 Å². The Hall–Kier alpha value is -1.72. The average molecular weight is 368 g/mol. The zero-order valence-corrected chi connectivity index (χ0v) is 15.8. The van der Waals surface area contributed by atoms with E-state index in [2.05, 4.69) is 81.9 Å². The molecule has 0 N–H and O–H groups in total. The molecule has 1 aliphatic heterocycles. The van der Waals surface area contributed by atoms with Gasteiger partial charge in [0, 0.05) is 12.6 Å². The lowest BCUT2D eigenvalue weighted by Gasteiger charge is -2.21. The Morgan fingerprint density at radius 3 is 2.36 bits per heavy atom. The van der Waals surface area contributed by atoms with Crippen molar-refractivity contribution in [1.82, 2.24) is 4.90 Å². The molecule has 0 unspecified atom stereocenters. The fourth-order valence-electron chi connectivity index (χ4n) is 3.31. The summed E-state index contributed by atoms with van der Waals surface area (Å²) in [6.45, 7) is 3.83. The molecule has 3 heterocycles. The molecule has 2 aromatic heterocycles. The predicted octanol–water partition coefficient (Wildman–Crippen LogP) is 5.66. The Morgan fingerprint density at radius 2 is 1.76 bits per heavy atom. The summed E-state index contributed by atoms with van der Waals surface area (Å²) < 4.78 is 6.08. The second kappa shape index (κ2) is 7.67. The van der Waals surface area contributed by atoms with Gasteiger partial charge in [0.25, 0.3) is 0 Å². The molecular formula is C21H21NOS2. The van der Waals surface area contributed by atoms with Gasteiger partial charge in [0.15, 0.2) is 0 Å². The number of nitrogens with zero attached hydrogens (tertiary/aromatic N) is 1. The maximum Gasteiger partial charge on any atom is 0.100 e. The van der Waals surface area contributed by atoms with E-state index in [1.165, 1.54) is 22.3 Å². The van der Waals surface area contributed by atoms with Crippen LogP contribution in [0.25, 0.3) is 5.57 Å². The fraction of sp³-hybridized carbons (Fsp3) is 0.238. The smallest absolute Gasteiger partial charge is 0.100 e. The minimum absolute atomic E-state index is 0.153. The molecule has 1 aliphatic rings. The zero-order valence-electron chi connectivity index (χ0n) is 14.2. The standard InChI is InChI=1S/C21H21NOS2/c1-16-21(17-5-3-2-4-6-17)23-15-22(16)10-7-20(18-8-11-24-13-18)19-9-12-25-14-19/h2-9,11-14,16,21H,10,15H2,1H3/t16-,21-/m0/s1. The van der Waals surface area contributed by atoms with Crippen LogP contribution in [0, 0.1) is 0 Å². The summed E-state index contributed by atoms with van der Waals surface area (Å²) in [5, 5.41) is 8.73. The van der Waals surface area contributed by atoms with Crippen LogP contribution in [0.15, 0.2) is 70.1 Å². The minimum atomic E-state index is 0.153. The lowest BCUT2D eigenvalue weighted by atomic mass is 10.0. The molecule has 0 bridgehead atoms. The maximum absolute atomic E-state index is 6.08. The first-order chi connectivity index (χ1) is 12.3. The highest BCUT2D eigenvalue weighted by Crippen LogP contribution is 2.32. The Balaban J connectivity index is 1.52. The van der Waals surface area contributed by atoms with Gasteiger partial charge < -0.3 is 4.74 Å². The van der Waals surface area contributed by atoms with Crippen LogP contribution in [0.5, 0.6) is 0 Å². The molecule has 1 aromatic carbocycles. The first-order valence-corrected chi connectivity index (χ1v) is 10.4. The second-order valence-electron chi connectivity index (χ2n) is 6.28. The van der Waals surface area contributed by atoms with Crippen molar-refractivity contribution in [2.45, 2.75) is 19.1 Å². The second-order valence-corrected chi connectivity index (χ2v) is 7.84. The van der Waals surface area contributed by atoms with E-state index in [9.17, 15) is 0 Å². The molecular weight excluding hydrogens is 346 g/mol. The summed E-state index contributed by atoms with van der Waals surface area (Å²) in [6.07, 6.45) is 2.50. The Labute approximate surface area is 157 Å². The molecule has 3 aromatic rings. The van der Waals surface area contributed by atoms with Gasteiger partial charge in [0.05, 0.1) is 6.10 Å². The maximum atomic E-state index is 6.08. The molecule has 128 valence electrons. The SMILES string of the molecule is C[C@H]1[C@@H](c2ccccc2)OCN1CC=C(c1ccsc1)c1ccsc1. The van der Waals surface area contributed by atoms with Crippen molar-refractivity contribution in [3.63, 3.8) is 0 Å². The summed E-state index contributed by atoms with van der Waals surface area (Å²) >= 11 is 3.49. The van der Waals surface area contributed by atoms with Crippen molar-refractivity contribution in [3.05, 3.63) is 86.8 Å². The largest absolute Gasteiger partial charge is 0.357 e. The van der Waals surface area contributed by atoms with E-state index in [-0.39, 0.29) is 6.10 Å². The number of benzene rings is 1. The van der Waals surface area contributed by atoms with Gasteiger partial charge >= 0.3 is 0 Å². The van der Waals surface area contributed by atoms with Crippen LogP contribution >= 0.6 is 22.7 Å². The summed E-state index contributed by atoms with van der Waals surface area (Å²) in [5.41, 5.74) is 5.18. The number of hydrogen-bond acceptors (Lipinski definition) is 4. The summed E-state index contributed by atoms with van der Waals surface area (Å²) in [4.78, 5) is 2.40. The molecule has 0 radical (unpaired) electrons. The first kappa shape index (κ1) is 16.7. The molecule has 1 fully saturated rings.